The van der Waals surface area contributed by atoms with Crippen molar-refractivity contribution in [2.45, 2.75) is 33.8 Å². The molecule has 7 nitrogen and oxygen atoms in total. The standard InChI is InChI=1S/C23H22BrIN2O5/c1-5-31-19-11-14(10-17(25)20(19)32-12(2)3)9-16-21(28)26-23(30)27(22(16)29)18-7-6-15(24)8-13(18)4/h6-12H,5H2,1-4H3,(H,26,28,30)/b16-9-. The molecule has 0 unspecified atom stereocenters. The minimum atomic E-state index is -0.784. The fourth-order valence-corrected chi connectivity index (χ4v) is 4.43. The Bertz CT molecular complexity index is 1130. The molecule has 4 amide bonds. The fraction of sp³-hybridized carbons (Fsp3) is 0.261. The van der Waals surface area contributed by atoms with Crippen molar-refractivity contribution >= 4 is 68.1 Å². The van der Waals surface area contributed by atoms with Gasteiger partial charge in [-0.2, -0.15) is 0 Å². The van der Waals surface area contributed by atoms with Crippen molar-refractivity contribution in [3.05, 3.63) is 55.1 Å². The Balaban J connectivity index is 2.05. The highest BCUT2D eigenvalue weighted by molar-refractivity contribution is 14.1. The molecule has 0 saturated carbocycles. The number of imide groups is 2. The normalized spacial score (nSPS) is 15.4. The number of carbonyl (C=O) groups is 3. The number of benzene rings is 2. The Morgan fingerprint density at radius 1 is 1.19 bits per heavy atom. The van der Waals surface area contributed by atoms with Crippen LogP contribution in [-0.4, -0.2) is 30.6 Å². The first-order chi connectivity index (χ1) is 15.1. The first kappa shape index (κ1) is 24.2. The number of barbiturate groups is 1. The second-order valence-corrected chi connectivity index (χ2v) is 9.40. The molecular formula is C23H22BrIN2O5. The van der Waals surface area contributed by atoms with Crippen molar-refractivity contribution < 1.29 is 23.9 Å². The molecule has 1 aliphatic heterocycles. The molecule has 1 fully saturated rings. The molecule has 1 aliphatic rings. The Morgan fingerprint density at radius 3 is 2.53 bits per heavy atom. The van der Waals surface area contributed by atoms with Gasteiger partial charge < -0.3 is 9.47 Å². The van der Waals surface area contributed by atoms with Crippen molar-refractivity contribution in [1.29, 1.82) is 0 Å². The topological polar surface area (TPSA) is 84.9 Å². The van der Waals surface area contributed by atoms with Crippen LogP contribution in [0.25, 0.3) is 6.08 Å². The predicted octanol–water partition coefficient (Wildman–Crippen LogP) is 5.21. The van der Waals surface area contributed by atoms with Crippen LogP contribution in [0.5, 0.6) is 11.5 Å². The van der Waals surface area contributed by atoms with Gasteiger partial charge in [0, 0.05) is 4.47 Å². The van der Waals surface area contributed by atoms with Crippen LogP contribution in [0.4, 0.5) is 10.5 Å². The Kier molecular flexibility index (Phi) is 7.60. The van der Waals surface area contributed by atoms with Crippen LogP contribution in [-0.2, 0) is 9.59 Å². The number of ether oxygens (including phenoxy) is 2. The number of hydrogen-bond donors (Lipinski definition) is 1. The van der Waals surface area contributed by atoms with Gasteiger partial charge in [0.1, 0.15) is 5.57 Å². The molecule has 168 valence electrons. The number of rotatable bonds is 6. The zero-order chi connectivity index (χ0) is 23.6. The fourth-order valence-electron chi connectivity index (χ4n) is 3.20. The van der Waals surface area contributed by atoms with Crippen molar-refractivity contribution in [1.82, 2.24) is 5.32 Å². The lowest BCUT2D eigenvalue weighted by molar-refractivity contribution is -0.122. The maximum absolute atomic E-state index is 13.2. The summed E-state index contributed by atoms with van der Waals surface area (Å²) in [5.41, 5.74) is 1.54. The maximum Gasteiger partial charge on any atom is 0.335 e. The zero-order valence-corrected chi connectivity index (χ0v) is 21.7. The monoisotopic (exact) mass is 612 g/mol. The molecule has 0 bridgehead atoms. The van der Waals surface area contributed by atoms with E-state index in [2.05, 4.69) is 43.8 Å². The van der Waals surface area contributed by atoms with Gasteiger partial charge in [0.2, 0.25) is 0 Å². The number of aryl methyl sites for hydroxylation is 1. The maximum atomic E-state index is 13.2. The molecule has 1 heterocycles. The van der Waals surface area contributed by atoms with Gasteiger partial charge in [-0.3, -0.25) is 14.9 Å². The van der Waals surface area contributed by atoms with E-state index >= 15 is 0 Å². The van der Waals surface area contributed by atoms with E-state index in [4.69, 9.17) is 9.47 Å². The lowest BCUT2D eigenvalue weighted by atomic mass is 10.1. The smallest absolute Gasteiger partial charge is 0.335 e. The highest BCUT2D eigenvalue weighted by Gasteiger charge is 2.37. The number of anilines is 1. The SMILES string of the molecule is CCOc1cc(/C=C2/C(=O)NC(=O)N(c3ccc(Br)cc3C)C2=O)cc(I)c1OC(C)C. The van der Waals surface area contributed by atoms with Crippen LogP contribution in [0.3, 0.4) is 0 Å². The molecule has 0 aliphatic carbocycles. The summed E-state index contributed by atoms with van der Waals surface area (Å²) in [6.07, 6.45) is 1.40. The lowest BCUT2D eigenvalue weighted by Gasteiger charge is -2.27. The van der Waals surface area contributed by atoms with Gasteiger partial charge in [-0.1, -0.05) is 15.9 Å². The second-order valence-electron chi connectivity index (χ2n) is 7.32. The highest BCUT2D eigenvalue weighted by atomic mass is 127. The van der Waals surface area contributed by atoms with E-state index in [1.807, 2.05) is 20.8 Å². The van der Waals surface area contributed by atoms with Crippen LogP contribution in [0.1, 0.15) is 31.9 Å². The number of hydrogen-bond acceptors (Lipinski definition) is 5. The van der Waals surface area contributed by atoms with Crippen molar-refractivity contribution in [3.63, 3.8) is 0 Å². The summed E-state index contributed by atoms with van der Waals surface area (Å²) in [5, 5.41) is 2.25. The van der Waals surface area contributed by atoms with Crippen molar-refractivity contribution in [2.24, 2.45) is 0 Å². The third-order valence-corrected chi connectivity index (χ3v) is 5.79. The first-order valence-electron chi connectivity index (χ1n) is 9.93. The first-order valence-corrected chi connectivity index (χ1v) is 11.8. The van der Waals surface area contributed by atoms with Gasteiger partial charge >= 0.3 is 6.03 Å². The van der Waals surface area contributed by atoms with Crippen LogP contribution in [0.2, 0.25) is 0 Å². The van der Waals surface area contributed by atoms with E-state index in [1.54, 1.807) is 37.3 Å². The summed E-state index contributed by atoms with van der Waals surface area (Å²) in [4.78, 5) is 39.2. The van der Waals surface area contributed by atoms with E-state index in [-0.39, 0.29) is 11.7 Å². The number of amides is 4. The summed E-state index contributed by atoms with van der Waals surface area (Å²) in [6.45, 7) is 7.91. The van der Waals surface area contributed by atoms with E-state index in [1.165, 1.54) is 6.08 Å². The van der Waals surface area contributed by atoms with Gasteiger partial charge in [-0.25, -0.2) is 9.69 Å². The molecular weight excluding hydrogens is 591 g/mol. The average molecular weight is 613 g/mol. The summed E-state index contributed by atoms with van der Waals surface area (Å²) >= 11 is 5.50. The third kappa shape index (κ3) is 5.15. The number of halogens is 2. The molecule has 1 N–H and O–H groups in total. The number of urea groups is 1. The average Bonchev–Trinajstić information content (AvgIpc) is 2.69. The summed E-state index contributed by atoms with van der Waals surface area (Å²) in [7, 11) is 0. The van der Waals surface area contributed by atoms with Crippen LogP contribution in [0, 0.1) is 10.5 Å². The third-order valence-electron chi connectivity index (χ3n) is 4.50. The number of carbonyl (C=O) groups excluding carboxylic acids is 3. The van der Waals surface area contributed by atoms with Crippen molar-refractivity contribution in [2.75, 3.05) is 11.5 Å². The van der Waals surface area contributed by atoms with Gasteiger partial charge in [0.15, 0.2) is 11.5 Å². The minimum absolute atomic E-state index is 0.0497. The van der Waals surface area contributed by atoms with Crippen LogP contribution < -0.4 is 19.7 Å². The Morgan fingerprint density at radius 2 is 1.91 bits per heavy atom. The molecule has 2 aromatic rings. The Hall–Kier alpha value is -2.40. The van der Waals surface area contributed by atoms with E-state index in [0.717, 1.165) is 12.9 Å². The van der Waals surface area contributed by atoms with Gasteiger partial charge in [-0.15, -0.1) is 0 Å². The molecule has 0 radical (unpaired) electrons. The zero-order valence-electron chi connectivity index (χ0n) is 18.0. The largest absolute Gasteiger partial charge is 0.490 e. The number of nitrogens with zero attached hydrogens (tertiary/aromatic N) is 1. The van der Waals surface area contributed by atoms with Gasteiger partial charge in [0.25, 0.3) is 11.8 Å². The summed E-state index contributed by atoms with van der Waals surface area (Å²) in [5.74, 6) is -0.326. The molecule has 9 heteroatoms. The highest BCUT2D eigenvalue weighted by Crippen LogP contribution is 2.36. The molecule has 32 heavy (non-hydrogen) atoms. The second kappa shape index (κ2) is 10.0. The molecule has 1 saturated heterocycles. The van der Waals surface area contributed by atoms with E-state index in [0.29, 0.717) is 34.9 Å². The predicted molar refractivity (Wildman–Crippen MR) is 134 cm³/mol. The van der Waals surface area contributed by atoms with Crippen LogP contribution in [0.15, 0.2) is 40.4 Å². The molecule has 0 aromatic heterocycles. The van der Waals surface area contributed by atoms with Gasteiger partial charge in [-0.05, 0) is 97.8 Å². The van der Waals surface area contributed by atoms with Crippen LogP contribution >= 0.6 is 38.5 Å². The lowest BCUT2D eigenvalue weighted by Crippen LogP contribution is -2.54. The molecule has 0 spiro atoms. The van der Waals surface area contributed by atoms with Gasteiger partial charge in [0.05, 0.1) is 22.0 Å². The minimum Gasteiger partial charge on any atom is -0.490 e. The van der Waals surface area contributed by atoms with E-state index in [9.17, 15) is 14.4 Å². The molecule has 3 rings (SSSR count). The summed E-state index contributed by atoms with van der Waals surface area (Å²) in [6, 6.07) is 7.89. The van der Waals surface area contributed by atoms with Crippen molar-refractivity contribution in [3.8, 4) is 11.5 Å². The van der Waals surface area contributed by atoms with E-state index < -0.39 is 17.8 Å². The molecule has 0 atom stereocenters. The Labute approximate surface area is 208 Å². The number of nitrogens with one attached hydrogen (secondary N) is 1. The summed E-state index contributed by atoms with van der Waals surface area (Å²) < 4.78 is 13.2. The quantitative estimate of drug-likeness (QED) is 0.275. The molecule has 2 aromatic carbocycles.